The molecule has 16 heavy (non-hydrogen) atoms. The van der Waals surface area contributed by atoms with Crippen molar-refractivity contribution in [3.8, 4) is 0 Å². The van der Waals surface area contributed by atoms with Crippen LogP contribution < -0.4 is 10.6 Å². The normalized spacial score (nSPS) is 20.8. The number of anilines is 1. The minimum atomic E-state index is 0.334. The topological polar surface area (TPSA) is 33.3 Å². The van der Waals surface area contributed by atoms with E-state index in [0.29, 0.717) is 16.1 Å². The average molecular weight is 261 g/mol. The second-order valence-corrected chi connectivity index (χ2v) is 4.57. The number of nitrogens with one attached hydrogen (secondary N) is 2. The van der Waals surface area contributed by atoms with Gasteiger partial charge in [-0.2, -0.15) is 0 Å². The molecule has 1 heterocycles. The molecule has 1 aromatic rings. The molecule has 1 aromatic carbocycles. The third-order valence-corrected chi connectivity index (χ3v) is 3.02. The summed E-state index contributed by atoms with van der Waals surface area (Å²) >= 11 is 11.9. The summed E-state index contributed by atoms with van der Waals surface area (Å²) in [5, 5.41) is 7.93. The molecule has 1 saturated heterocycles. The van der Waals surface area contributed by atoms with E-state index in [0.717, 1.165) is 32.0 Å². The standard InChI is InChI=1S/C11H14Cl2N2O/c12-8-1-2-11(10(13)5-8)15-6-9-7-16-4-3-14-9/h1-2,5,9,14-15H,3-4,6-7H2. The first-order valence-corrected chi connectivity index (χ1v) is 6.01. The van der Waals surface area contributed by atoms with Crippen LogP contribution >= 0.6 is 23.2 Å². The van der Waals surface area contributed by atoms with Gasteiger partial charge in [0.1, 0.15) is 0 Å². The number of ether oxygens (including phenoxy) is 1. The quantitative estimate of drug-likeness (QED) is 0.876. The molecule has 0 amide bonds. The lowest BCUT2D eigenvalue weighted by Crippen LogP contribution is -2.45. The zero-order chi connectivity index (χ0) is 11.4. The van der Waals surface area contributed by atoms with Crippen molar-refractivity contribution < 1.29 is 4.74 Å². The summed E-state index contributed by atoms with van der Waals surface area (Å²) in [7, 11) is 0. The molecule has 1 aliphatic heterocycles. The summed E-state index contributed by atoms with van der Waals surface area (Å²) in [6, 6.07) is 5.77. The Kier molecular flexibility index (Phi) is 4.29. The summed E-state index contributed by atoms with van der Waals surface area (Å²) in [4.78, 5) is 0. The third kappa shape index (κ3) is 3.25. The summed E-state index contributed by atoms with van der Waals surface area (Å²) in [6.45, 7) is 3.22. The van der Waals surface area contributed by atoms with Crippen molar-refractivity contribution in [3.63, 3.8) is 0 Å². The highest BCUT2D eigenvalue weighted by Crippen LogP contribution is 2.25. The monoisotopic (exact) mass is 260 g/mol. The van der Waals surface area contributed by atoms with Crippen LogP contribution in [-0.2, 0) is 4.74 Å². The number of rotatable bonds is 3. The lowest BCUT2D eigenvalue weighted by atomic mass is 10.2. The number of morpholine rings is 1. The number of halogens is 2. The van der Waals surface area contributed by atoms with Crippen LogP contribution in [0.4, 0.5) is 5.69 Å². The first kappa shape index (κ1) is 12.0. The maximum atomic E-state index is 6.05. The van der Waals surface area contributed by atoms with Crippen LogP contribution in [0.15, 0.2) is 18.2 Å². The average Bonchev–Trinajstić information content (AvgIpc) is 2.29. The fourth-order valence-corrected chi connectivity index (χ4v) is 2.09. The highest BCUT2D eigenvalue weighted by atomic mass is 35.5. The molecule has 1 atom stereocenters. The van der Waals surface area contributed by atoms with E-state index >= 15 is 0 Å². The zero-order valence-corrected chi connectivity index (χ0v) is 10.3. The van der Waals surface area contributed by atoms with Gasteiger partial charge >= 0.3 is 0 Å². The van der Waals surface area contributed by atoms with E-state index in [1.54, 1.807) is 6.07 Å². The molecule has 3 nitrogen and oxygen atoms in total. The van der Waals surface area contributed by atoms with Gasteiger partial charge in [0.2, 0.25) is 0 Å². The molecule has 0 aromatic heterocycles. The van der Waals surface area contributed by atoms with Crippen molar-refractivity contribution in [2.75, 3.05) is 31.6 Å². The Balaban J connectivity index is 1.88. The molecule has 0 saturated carbocycles. The van der Waals surface area contributed by atoms with Crippen molar-refractivity contribution in [2.45, 2.75) is 6.04 Å². The summed E-state index contributed by atoms with van der Waals surface area (Å²) in [6.07, 6.45) is 0. The highest BCUT2D eigenvalue weighted by molar-refractivity contribution is 6.36. The smallest absolute Gasteiger partial charge is 0.0652 e. The Bertz CT molecular complexity index is 354. The van der Waals surface area contributed by atoms with Gasteiger partial charge in [0, 0.05) is 24.2 Å². The van der Waals surface area contributed by atoms with Gasteiger partial charge in [-0.05, 0) is 18.2 Å². The van der Waals surface area contributed by atoms with Crippen LogP contribution in [0, 0.1) is 0 Å². The van der Waals surface area contributed by atoms with E-state index in [2.05, 4.69) is 10.6 Å². The molecule has 1 fully saturated rings. The summed E-state index contributed by atoms with van der Waals surface area (Å²) in [5.74, 6) is 0. The molecule has 0 radical (unpaired) electrons. The van der Waals surface area contributed by atoms with Crippen molar-refractivity contribution >= 4 is 28.9 Å². The van der Waals surface area contributed by atoms with Gasteiger partial charge in [0.25, 0.3) is 0 Å². The third-order valence-electron chi connectivity index (χ3n) is 2.47. The fraction of sp³-hybridized carbons (Fsp3) is 0.455. The molecular formula is C11H14Cl2N2O. The lowest BCUT2D eigenvalue weighted by molar-refractivity contribution is 0.0806. The van der Waals surface area contributed by atoms with E-state index in [9.17, 15) is 0 Å². The molecule has 5 heteroatoms. The minimum absolute atomic E-state index is 0.334. The molecule has 1 unspecified atom stereocenters. The number of hydrogen-bond donors (Lipinski definition) is 2. The van der Waals surface area contributed by atoms with Gasteiger partial charge in [0.05, 0.1) is 23.9 Å². The summed E-state index contributed by atoms with van der Waals surface area (Å²) in [5.41, 5.74) is 0.901. The Labute approximate surface area is 105 Å². The maximum Gasteiger partial charge on any atom is 0.0652 e. The van der Waals surface area contributed by atoms with E-state index in [1.807, 2.05) is 12.1 Å². The summed E-state index contributed by atoms with van der Waals surface area (Å²) < 4.78 is 5.36. The molecule has 2 N–H and O–H groups in total. The second-order valence-electron chi connectivity index (χ2n) is 3.73. The lowest BCUT2D eigenvalue weighted by Gasteiger charge is -2.24. The van der Waals surface area contributed by atoms with Crippen LogP contribution in [0.1, 0.15) is 0 Å². The van der Waals surface area contributed by atoms with Crippen LogP contribution in [0.3, 0.4) is 0 Å². The van der Waals surface area contributed by atoms with Crippen LogP contribution in [0.25, 0.3) is 0 Å². The predicted molar refractivity (Wildman–Crippen MR) is 67.6 cm³/mol. The van der Waals surface area contributed by atoms with Gasteiger partial charge in [0.15, 0.2) is 0 Å². The molecule has 0 spiro atoms. The SMILES string of the molecule is Clc1ccc(NCC2COCCN2)c(Cl)c1. The Hall–Kier alpha value is -0.480. The Morgan fingerprint density at radius 1 is 1.44 bits per heavy atom. The van der Waals surface area contributed by atoms with E-state index in [4.69, 9.17) is 27.9 Å². The van der Waals surface area contributed by atoms with Crippen LogP contribution in [0.5, 0.6) is 0 Å². The zero-order valence-electron chi connectivity index (χ0n) is 8.80. The van der Waals surface area contributed by atoms with Gasteiger partial charge in [-0.15, -0.1) is 0 Å². The van der Waals surface area contributed by atoms with E-state index in [-0.39, 0.29) is 0 Å². The molecule has 2 rings (SSSR count). The number of hydrogen-bond acceptors (Lipinski definition) is 3. The molecule has 1 aliphatic rings. The largest absolute Gasteiger partial charge is 0.382 e. The Morgan fingerprint density at radius 3 is 3.00 bits per heavy atom. The van der Waals surface area contributed by atoms with E-state index < -0.39 is 0 Å². The minimum Gasteiger partial charge on any atom is -0.382 e. The number of benzene rings is 1. The first-order valence-electron chi connectivity index (χ1n) is 5.26. The van der Waals surface area contributed by atoms with E-state index in [1.165, 1.54) is 0 Å². The van der Waals surface area contributed by atoms with Gasteiger partial charge < -0.3 is 15.4 Å². The molecule has 0 bridgehead atoms. The second kappa shape index (κ2) is 5.73. The Morgan fingerprint density at radius 2 is 2.31 bits per heavy atom. The van der Waals surface area contributed by atoms with Crippen molar-refractivity contribution in [2.24, 2.45) is 0 Å². The van der Waals surface area contributed by atoms with Crippen LogP contribution in [0.2, 0.25) is 10.0 Å². The van der Waals surface area contributed by atoms with Crippen molar-refractivity contribution in [1.82, 2.24) is 5.32 Å². The highest BCUT2D eigenvalue weighted by Gasteiger charge is 2.12. The van der Waals surface area contributed by atoms with Crippen molar-refractivity contribution in [3.05, 3.63) is 28.2 Å². The molecule has 88 valence electrons. The van der Waals surface area contributed by atoms with Crippen LogP contribution in [-0.4, -0.2) is 32.3 Å². The maximum absolute atomic E-state index is 6.05. The van der Waals surface area contributed by atoms with Gasteiger partial charge in [-0.25, -0.2) is 0 Å². The fourth-order valence-electron chi connectivity index (χ4n) is 1.62. The molecular weight excluding hydrogens is 247 g/mol. The van der Waals surface area contributed by atoms with Gasteiger partial charge in [-0.3, -0.25) is 0 Å². The van der Waals surface area contributed by atoms with Crippen molar-refractivity contribution in [1.29, 1.82) is 0 Å². The van der Waals surface area contributed by atoms with Gasteiger partial charge in [-0.1, -0.05) is 23.2 Å². The molecule has 0 aliphatic carbocycles. The predicted octanol–water partition coefficient (Wildman–Crippen LogP) is 2.39. The first-order chi connectivity index (χ1) is 7.75.